The van der Waals surface area contributed by atoms with Gasteiger partial charge in [0.05, 0.1) is 11.7 Å². The SMILES string of the molecule is ClCCC1CCN(Cc2ccn(C3CCCCC3)n2)C1. The molecule has 1 aliphatic heterocycles. The van der Waals surface area contributed by atoms with Crippen molar-refractivity contribution in [3.05, 3.63) is 18.0 Å². The first kappa shape index (κ1) is 14.4. The summed E-state index contributed by atoms with van der Waals surface area (Å²) in [5, 5.41) is 4.82. The fourth-order valence-corrected chi connectivity index (χ4v) is 3.99. The fraction of sp³-hybridized carbons (Fsp3) is 0.812. The van der Waals surface area contributed by atoms with Crippen molar-refractivity contribution in [3.8, 4) is 0 Å². The maximum absolute atomic E-state index is 5.84. The van der Waals surface area contributed by atoms with E-state index in [1.165, 1.54) is 57.3 Å². The van der Waals surface area contributed by atoms with Gasteiger partial charge in [-0.2, -0.15) is 5.10 Å². The molecule has 0 bridgehead atoms. The molecule has 1 aromatic rings. The summed E-state index contributed by atoms with van der Waals surface area (Å²) in [5.41, 5.74) is 1.24. The largest absolute Gasteiger partial charge is 0.297 e. The first-order valence-electron chi connectivity index (χ1n) is 8.17. The minimum Gasteiger partial charge on any atom is -0.297 e. The van der Waals surface area contributed by atoms with Crippen molar-refractivity contribution in [1.82, 2.24) is 14.7 Å². The van der Waals surface area contributed by atoms with Gasteiger partial charge in [0, 0.05) is 25.2 Å². The van der Waals surface area contributed by atoms with Gasteiger partial charge in [-0.25, -0.2) is 0 Å². The molecule has 0 amide bonds. The van der Waals surface area contributed by atoms with Gasteiger partial charge in [-0.15, -0.1) is 11.6 Å². The maximum Gasteiger partial charge on any atom is 0.0764 e. The van der Waals surface area contributed by atoms with Crippen LogP contribution in [0.3, 0.4) is 0 Å². The van der Waals surface area contributed by atoms with Gasteiger partial charge in [-0.3, -0.25) is 9.58 Å². The molecule has 0 aromatic carbocycles. The third-order valence-corrected chi connectivity index (χ3v) is 5.10. The van der Waals surface area contributed by atoms with Crippen LogP contribution >= 0.6 is 11.6 Å². The van der Waals surface area contributed by atoms with Crippen LogP contribution in [0.25, 0.3) is 0 Å². The second kappa shape index (κ2) is 6.95. The van der Waals surface area contributed by atoms with Crippen LogP contribution in [-0.4, -0.2) is 33.6 Å². The summed E-state index contributed by atoms with van der Waals surface area (Å²) in [5.74, 6) is 1.60. The molecule has 1 saturated carbocycles. The molecular weight excluding hydrogens is 270 g/mol. The van der Waals surface area contributed by atoms with Crippen LogP contribution in [0.5, 0.6) is 0 Å². The van der Waals surface area contributed by atoms with Crippen molar-refractivity contribution in [3.63, 3.8) is 0 Å². The van der Waals surface area contributed by atoms with E-state index in [0.29, 0.717) is 6.04 Å². The molecule has 1 atom stereocenters. The minimum atomic E-state index is 0.653. The Hall–Kier alpha value is -0.540. The number of aromatic nitrogens is 2. The monoisotopic (exact) mass is 295 g/mol. The molecule has 2 aliphatic rings. The highest BCUT2D eigenvalue weighted by molar-refractivity contribution is 6.17. The van der Waals surface area contributed by atoms with E-state index in [0.717, 1.165) is 24.8 Å². The summed E-state index contributed by atoms with van der Waals surface area (Å²) in [6, 6.07) is 2.86. The van der Waals surface area contributed by atoms with Crippen molar-refractivity contribution in [1.29, 1.82) is 0 Å². The summed E-state index contributed by atoms with van der Waals surface area (Å²) in [6.07, 6.45) is 11.4. The number of nitrogens with zero attached hydrogens (tertiary/aromatic N) is 3. The topological polar surface area (TPSA) is 21.1 Å². The molecule has 20 heavy (non-hydrogen) atoms. The van der Waals surface area contributed by atoms with E-state index in [9.17, 15) is 0 Å². The summed E-state index contributed by atoms with van der Waals surface area (Å²) in [6.45, 7) is 3.42. The van der Waals surface area contributed by atoms with Crippen LogP contribution in [0, 0.1) is 5.92 Å². The van der Waals surface area contributed by atoms with E-state index in [2.05, 4.69) is 21.8 Å². The van der Waals surface area contributed by atoms with Crippen molar-refractivity contribution in [2.45, 2.75) is 57.5 Å². The number of rotatable bonds is 5. The Balaban J connectivity index is 1.52. The van der Waals surface area contributed by atoms with E-state index in [4.69, 9.17) is 16.7 Å². The summed E-state index contributed by atoms with van der Waals surface area (Å²) in [7, 11) is 0. The number of hydrogen-bond acceptors (Lipinski definition) is 2. The van der Waals surface area contributed by atoms with Gasteiger partial charge in [-0.05, 0) is 44.2 Å². The van der Waals surface area contributed by atoms with Crippen LogP contribution in [0.15, 0.2) is 12.3 Å². The Bertz CT molecular complexity index is 412. The number of hydrogen-bond donors (Lipinski definition) is 0. The third kappa shape index (κ3) is 3.56. The lowest BCUT2D eigenvalue weighted by molar-refractivity contribution is 0.300. The summed E-state index contributed by atoms with van der Waals surface area (Å²) < 4.78 is 2.22. The van der Waals surface area contributed by atoms with Gasteiger partial charge in [0.15, 0.2) is 0 Å². The molecule has 0 N–H and O–H groups in total. The van der Waals surface area contributed by atoms with E-state index < -0.39 is 0 Å². The van der Waals surface area contributed by atoms with Gasteiger partial charge in [0.25, 0.3) is 0 Å². The van der Waals surface area contributed by atoms with Crippen LogP contribution < -0.4 is 0 Å². The van der Waals surface area contributed by atoms with E-state index >= 15 is 0 Å². The lowest BCUT2D eigenvalue weighted by atomic mass is 9.96. The van der Waals surface area contributed by atoms with Crippen LogP contribution in [-0.2, 0) is 6.54 Å². The van der Waals surface area contributed by atoms with E-state index in [-0.39, 0.29) is 0 Å². The maximum atomic E-state index is 5.84. The molecule has 1 aliphatic carbocycles. The summed E-state index contributed by atoms with van der Waals surface area (Å²) >= 11 is 5.84. The highest BCUT2D eigenvalue weighted by Crippen LogP contribution is 2.28. The number of likely N-dealkylation sites (tertiary alicyclic amines) is 1. The molecule has 4 heteroatoms. The zero-order valence-corrected chi connectivity index (χ0v) is 13.1. The van der Waals surface area contributed by atoms with Gasteiger partial charge in [0.1, 0.15) is 0 Å². The van der Waals surface area contributed by atoms with E-state index in [1.54, 1.807) is 0 Å². The Morgan fingerprint density at radius 3 is 2.85 bits per heavy atom. The van der Waals surface area contributed by atoms with Crippen LogP contribution in [0.1, 0.15) is 56.7 Å². The van der Waals surface area contributed by atoms with E-state index in [1.807, 2.05) is 0 Å². The van der Waals surface area contributed by atoms with Crippen LogP contribution in [0.4, 0.5) is 0 Å². The molecule has 1 aromatic heterocycles. The molecule has 0 radical (unpaired) electrons. The van der Waals surface area contributed by atoms with Crippen molar-refractivity contribution < 1.29 is 0 Å². The van der Waals surface area contributed by atoms with Gasteiger partial charge in [0.2, 0.25) is 0 Å². The van der Waals surface area contributed by atoms with Gasteiger partial charge >= 0.3 is 0 Å². The van der Waals surface area contributed by atoms with Crippen molar-refractivity contribution >= 4 is 11.6 Å². The molecular formula is C16H26ClN3. The fourth-order valence-electron chi connectivity index (χ4n) is 3.69. The zero-order valence-electron chi connectivity index (χ0n) is 12.3. The highest BCUT2D eigenvalue weighted by Gasteiger charge is 2.23. The Kier molecular flexibility index (Phi) is 5.00. The molecule has 1 saturated heterocycles. The normalized spacial score (nSPS) is 25.4. The third-order valence-electron chi connectivity index (χ3n) is 4.89. The predicted octanol–water partition coefficient (Wildman–Crippen LogP) is 3.84. The molecule has 3 nitrogen and oxygen atoms in total. The smallest absolute Gasteiger partial charge is 0.0764 e. The average Bonchev–Trinajstić information content (AvgIpc) is 3.11. The minimum absolute atomic E-state index is 0.653. The first-order chi connectivity index (χ1) is 9.85. The van der Waals surface area contributed by atoms with Crippen molar-refractivity contribution in [2.24, 2.45) is 5.92 Å². The summed E-state index contributed by atoms with van der Waals surface area (Å²) in [4.78, 5) is 2.53. The first-order valence-corrected chi connectivity index (χ1v) is 8.71. The zero-order chi connectivity index (χ0) is 13.8. The van der Waals surface area contributed by atoms with Gasteiger partial charge < -0.3 is 0 Å². The molecule has 3 rings (SSSR count). The van der Waals surface area contributed by atoms with Crippen molar-refractivity contribution in [2.75, 3.05) is 19.0 Å². The predicted molar refractivity (Wildman–Crippen MR) is 83.1 cm³/mol. The molecule has 112 valence electrons. The number of halogens is 1. The Labute approximate surface area is 127 Å². The number of alkyl halides is 1. The Morgan fingerprint density at radius 2 is 2.05 bits per heavy atom. The second-order valence-electron chi connectivity index (χ2n) is 6.45. The van der Waals surface area contributed by atoms with Gasteiger partial charge in [-0.1, -0.05) is 19.3 Å². The molecule has 1 unspecified atom stereocenters. The second-order valence-corrected chi connectivity index (χ2v) is 6.82. The standard InChI is InChI=1S/C16H26ClN3/c17-9-6-14-7-10-19(12-14)13-15-8-11-20(18-15)16-4-2-1-3-5-16/h8,11,14,16H,1-7,9-10,12-13H2. The molecule has 2 heterocycles. The lowest BCUT2D eigenvalue weighted by Gasteiger charge is -2.22. The molecule has 2 fully saturated rings. The molecule has 0 spiro atoms. The quantitative estimate of drug-likeness (QED) is 0.770. The highest BCUT2D eigenvalue weighted by atomic mass is 35.5. The average molecular weight is 296 g/mol. The van der Waals surface area contributed by atoms with Crippen LogP contribution in [0.2, 0.25) is 0 Å². The lowest BCUT2D eigenvalue weighted by Crippen LogP contribution is -2.21. The Morgan fingerprint density at radius 1 is 1.20 bits per heavy atom.